The van der Waals surface area contributed by atoms with Crippen molar-refractivity contribution in [2.24, 2.45) is 0 Å². The van der Waals surface area contributed by atoms with Crippen molar-refractivity contribution in [2.75, 3.05) is 10.6 Å². The van der Waals surface area contributed by atoms with Crippen LogP contribution in [0.2, 0.25) is 0 Å². The van der Waals surface area contributed by atoms with Crippen LogP contribution in [0.3, 0.4) is 0 Å². The summed E-state index contributed by atoms with van der Waals surface area (Å²) in [5, 5.41) is 16.4. The average Bonchev–Trinajstić information content (AvgIpc) is 3.42. The van der Waals surface area contributed by atoms with Crippen LogP contribution in [0, 0.1) is 32.1 Å². The molecule has 0 aliphatic heterocycles. The second-order valence-electron chi connectivity index (χ2n) is 7.13. The zero-order valence-electron chi connectivity index (χ0n) is 18.8. The van der Waals surface area contributed by atoms with E-state index in [0.29, 0.717) is 17.3 Å². The summed E-state index contributed by atoms with van der Waals surface area (Å²) in [5.74, 6) is 0.637. The van der Waals surface area contributed by atoms with E-state index in [1.807, 2.05) is 44.2 Å². The molecule has 7 heteroatoms. The highest BCUT2D eigenvalue weighted by Crippen LogP contribution is 2.30. The van der Waals surface area contributed by atoms with Crippen molar-refractivity contribution in [1.29, 1.82) is 5.26 Å². The summed E-state index contributed by atoms with van der Waals surface area (Å²) < 4.78 is 5.84. The summed E-state index contributed by atoms with van der Waals surface area (Å²) in [7, 11) is 0. The molecule has 2 N–H and O–H groups in total. The van der Waals surface area contributed by atoms with E-state index in [2.05, 4.69) is 46.8 Å². The van der Waals surface area contributed by atoms with Crippen molar-refractivity contribution >= 4 is 33.9 Å². The Labute approximate surface area is 198 Å². The molecule has 0 aliphatic carbocycles. The lowest BCUT2D eigenvalue weighted by atomic mass is 10.1. The SMILES string of the molecule is C=CC=C.Cc1ccc(Nc2nc(C)c(C)s2)cc1Nc1ncc(-c2ccc(C#N)cc2)o1. The largest absolute Gasteiger partial charge is 0.423 e. The standard InChI is InChI=1S/C22H19N5OS.C4H6/c1-13-4-9-18(26-22-25-14(2)15(3)29-22)10-19(13)27-21-24-12-20(28-21)17-7-5-16(11-23)6-8-17;1-3-4-2/h4-10,12H,1-3H3,(H,24,27)(H,25,26);3-4H,1-2H2. The first-order valence-electron chi connectivity index (χ1n) is 10.2. The minimum atomic E-state index is 0.408. The lowest BCUT2D eigenvalue weighted by Gasteiger charge is -2.09. The van der Waals surface area contributed by atoms with Crippen LogP contribution in [0.1, 0.15) is 21.7 Å². The summed E-state index contributed by atoms with van der Waals surface area (Å²) in [6.45, 7) is 12.8. The third-order valence-corrected chi connectivity index (χ3v) is 5.72. The van der Waals surface area contributed by atoms with E-state index in [0.717, 1.165) is 33.3 Å². The Hall–Kier alpha value is -4.15. The third-order valence-electron chi connectivity index (χ3n) is 4.73. The molecule has 0 amide bonds. The number of hydrogen-bond acceptors (Lipinski definition) is 7. The van der Waals surface area contributed by atoms with Gasteiger partial charge in [-0.2, -0.15) is 5.26 Å². The molecule has 0 aliphatic rings. The zero-order chi connectivity index (χ0) is 23.8. The molecule has 0 unspecified atom stereocenters. The van der Waals surface area contributed by atoms with Crippen LogP contribution >= 0.6 is 11.3 Å². The summed E-state index contributed by atoms with van der Waals surface area (Å²) in [4.78, 5) is 10.1. The van der Waals surface area contributed by atoms with Crippen molar-refractivity contribution in [3.8, 4) is 17.4 Å². The molecule has 166 valence electrons. The van der Waals surface area contributed by atoms with Crippen LogP contribution in [-0.4, -0.2) is 9.97 Å². The van der Waals surface area contributed by atoms with Crippen molar-refractivity contribution < 1.29 is 4.42 Å². The fraction of sp³-hybridized carbons (Fsp3) is 0.115. The smallest absolute Gasteiger partial charge is 0.299 e. The highest BCUT2D eigenvalue weighted by atomic mass is 32.1. The summed E-state index contributed by atoms with van der Waals surface area (Å²) in [5.41, 5.74) is 5.42. The molecule has 6 nitrogen and oxygen atoms in total. The Morgan fingerprint density at radius 2 is 1.76 bits per heavy atom. The molecule has 33 heavy (non-hydrogen) atoms. The van der Waals surface area contributed by atoms with Gasteiger partial charge in [0.15, 0.2) is 10.9 Å². The van der Waals surface area contributed by atoms with E-state index in [9.17, 15) is 0 Å². The lowest BCUT2D eigenvalue weighted by molar-refractivity contribution is 0.592. The molecule has 2 heterocycles. The van der Waals surface area contributed by atoms with Crippen LogP contribution < -0.4 is 10.6 Å². The molecule has 4 aromatic rings. The van der Waals surface area contributed by atoms with Crippen LogP contribution in [0.5, 0.6) is 0 Å². The fourth-order valence-corrected chi connectivity index (χ4v) is 3.61. The van der Waals surface area contributed by atoms with Crippen LogP contribution in [0.25, 0.3) is 11.3 Å². The Kier molecular flexibility index (Phi) is 7.79. The first-order chi connectivity index (χ1) is 15.9. The monoisotopic (exact) mass is 455 g/mol. The fourth-order valence-electron chi connectivity index (χ4n) is 2.77. The molecule has 0 fully saturated rings. The number of benzene rings is 2. The second kappa shape index (κ2) is 10.9. The van der Waals surface area contributed by atoms with Gasteiger partial charge in [0.05, 0.1) is 23.5 Å². The van der Waals surface area contributed by atoms with E-state index >= 15 is 0 Å². The van der Waals surface area contributed by atoms with Gasteiger partial charge >= 0.3 is 0 Å². The number of oxazole rings is 1. The maximum Gasteiger partial charge on any atom is 0.299 e. The Morgan fingerprint density at radius 3 is 2.36 bits per heavy atom. The molecule has 0 spiro atoms. The third kappa shape index (κ3) is 6.19. The highest BCUT2D eigenvalue weighted by molar-refractivity contribution is 7.15. The maximum absolute atomic E-state index is 8.92. The minimum absolute atomic E-state index is 0.408. The minimum Gasteiger partial charge on any atom is -0.423 e. The van der Waals surface area contributed by atoms with E-state index in [1.54, 1.807) is 41.8 Å². The Balaban J connectivity index is 0.000000709. The highest BCUT2D eigenvalue weighted by Gasteiger charge is 2.10. The molecular weight excluding hydrogens is 430 g/mol. The number of anilines is 4. The van der Waals surface area contributed by atoms with Crippen LogP contribution in [-0.2, 0) is 0 Å². The molecule has 2 aromatic heterocycles. The van der Waals surface area contributed by atoms with Crippen molar-refractivity contribution in [3.63, 3.8) is 0 Å². The molecule has 0 bridgehead atoms. The van der Waals surface area contributed by atoms with Crippen LogP contribution in [0.15, 0.2) is 78.4 Å². The number of aryl methyl sites for hydroxylation is 3. The average molecular weight is 456 g/mol. The number of hydrogen-bond donors (Lipinski definition) is 2. The zero-order valence-corrected chi connectivity index (χ0v) is 19.7. The molecule has 0 radical (unpaired) electrons. The lowest BCUT2D eigenvalue weighted by Crippen LogP contribution is -1.96. The predicted molar refractivity (Wildman–Crippen MR) is 136 cm³/mol. The Morgan fingerprint density at radius 1 is 1.03 bits per heavy atom. The first-order valence-corrected chi connectivity index (χ1v) is 11.0. The van der Waals surface area contributed by atoms with Gasteiger partial charge in [-0.15, -0.1) is 11.3 Å². The van der Waals surface area contributed by atoms with Crippen molar-refractivity contribution in [3.05, 3.63) is 95.7 Å². The first kappa shape index (κ1) is 23.5. The Bertz CT molecular complexity index is 1270. The number of rotatable bonds is 6. The number of nitrogens with zero attached hydrogens (tertiary/aromatic N) is 3. The topological polar surface area (TPSA) is 86.8 Å². The summed E-state index contributed by atoms with van der Waals surface area (Å²) in [6.07, 6.45) is 4.95. The molecular formula is C26H25N5OS. The van der Waals surface area contributed by atoms with Gasteiger partial charge in [0, 0.05) is 21.8 Å². The molecule has 2 aromatic carbocycles. The van der Waals surface area contributed by atoms with E-state index < -0.39 is 0 Å². The number of nitriles is 1. The maximum atomic E-state index is 8.92. The number of allylic oxidation sites excluding steroid dienone is 2. The van der Waals surface area contributed by atoms with E-state index in [1.165, 1.54) is 4.88 Å². The normalized spacial score (nSPS) is 9.88. The van der Waals surface area contributed by atoms with E-state index in [4.69, 9.17) is 9.68 Å². The number of nitrogens with one attached hydrogen (secondary N) is 2. The van der Waals surface area contributed by atoms with Gasteiger partial charge in [-0.3, -0.25) is 0 Å². The van der Waals surface area contributed by atoms with Crippen molar-refractivity contribution in [2.45, 2.75) is 20.8 Å². The van der Waals surface area contributed by atoms with Gasteiger partial charge in [0.2, 0.25) is 0 Å². The number of aromatic nitrogens is 2. The van der Waals surface area contributed by atoms with Gasteiger partial charge in [-0.05, 0) is 62.7 Å². The van der Waals surface area contributed by atoms with Gasteiger partial charge in [-0.25, -0.2) is 9.97 Å². The molecule has 0 saturated heterocycles. The van der Waals surface area contributed by atoms with E-state index in [-0.39, 0.29) is 0 Å². The predicted octanol–water partition coefficient (Wildman–Crippen LogP) is 7.44. The van der Waals surface area contributed by atoms with Gasteiger partial charge in [0.1, 0.15) is 0 Å². The van der Waals surface area contributed by atoms with Gasteiger partial charge in [0.25, 0.3) is 6.01 Å². The molecule has 4 rings (SSSR count). The molecule has 0 atom stereocenters. The van der Waals surface area contributed by atoms with Crippen LogP contribution in [0.4, 0.5) is 22.5 Å². The quantitative estimate of drug-likeness (QED) is 0.294. The van der Waals surface area contributed by atoms with Gasteiger partial charge in [-0.1, -0.05) is 31.4 Å². The summed E-state index contributed by atoms with van der Waals surface area (Å²) >= 11 is 1.63. The van der Waals surface area contributed by atoms with Gasteiger partial charge < -0.3 is 15.1 Å². The second-order valence-corrected chi connectivity index (χ2v) is 8.33. The molecule has 0 saturated carbocycles. The van der Waals surface area contributed by atoms with Crippen molar-refractivity contribution in [1.82, 2.24) is 9.97 Å². The summed E-state index contributed by atoms with van der Waals surface area (Å²) in [6, 6.07) is 15.8. The number of thiazole rings is 1.